The van der Waals surface area contributed by atoms with Gasteiger partial charge in [0.15, 0.2) is 0 Å². The van der Waals surface area contributed by atoms with Crippen LogP contribution in [-0.4, -0.2) is 24.1 Å². The Balaban J connectivity index is 1.47. The minimum absolute atomic E-state index is 0.0942. The van der Waals surface area contributed by atoms with Gasteiger partial charge in [-0.2, -0.15) is 0 Å². The van der Waals surface area contributed by atoms with Gasteiger partial charge in [0.05, 0.1) is 7.11 Å². The minimum Gasteiger partial charge on any atom is -0.496 e. The summed E-state index contributed by atoms with van der Waals surface area (Å²) in [7, 11) is 1.62. The number of ether oxygens (including phenoxy) is 1. The number of carbonyl (C=O) groups is 1. The zero-order valence-electron chi connectivity index (χ0n) is 14.3. The third-order valence-corrected chi connectivity index (χ3v) is 4.11. The first kappa shape index (κ1) is 16.8. The van der Waals surface area contributed by atoms with Gasteiger partial charge in [-0.05, 0) is 36.1 Å². The van der Waals surface area contributed by atoms with E-state index in [0.29, 0.717) is 6.54 Å². The lowest BCUT2D eigenvalue weighted by Crippen LogP contribution is -2.23. The summed E-state index contributed by atoms with van der Waals surface area (Å²) in [5.74, 6) is 0.661. The lowest BCUT2D eigenvalue weighted by atomic mass is 10.2. The molecule has 0 spiro atoms. The summed E-state index contributed by atoms with van der Waals surface area (Å²) in [6, 6.07) is 18.0. The van der Waals surface area contributed by atoms with Gasteiger partial charge in [0.25, 0.3) is 0 Å². The van der Waals surface area contributed by atoms with Crippen LogP contribution in [0.2, 0.25) is 0 Å². The van der Waals surface area contributed by atoms with E-state index in [1.807, 2.05) is 36.4 Å². The van der Waals surface area contributed by atoms with Gasteiger partial charge < -0.3 is 14.6 Å². The maximum atomic E-state index is 11.9. The van der Waals surface area contributed by atoms with E-state index in [0.717, 1.165) is 24.3 Å². The molecule has 0 unspecified atom stereocenters. The molecule has 2 aromatic carbocycles. The van der Waals surface area contributed by atoms with Gasteiger partial charge in [-0.3, -0.25) is 4.79 Å². The fraction of sp³-hybridized carbons (Fsp3) is 0.190. The minimum atomic E-state index is -0.0942. The molecule has 4 nitrogen and oxygen atoms in total. The summed E-state index contributed by atoms with van der Waals surface area (Å²) in [5.41, 5.74) is 2.11. The molecule has 128 valence electrons. The Bertz CT molecular complexity index is 880. The van der Waals surface area contributed by atoms with Crippen LogP contribution in [0, 0.1) is 0 Å². The highest BCUT2D eigenvalue weighted by Crippen LogP contribution is 2.18. The Kier molecular flexibility index (Phi) is 5.52. The highest BCUT2D eigenvalue weighted by Gasteiger charge is 2.01. The van der Waals surface area contributed by atoms with Crippen molar-refractivity contribution in [3.8, 4) is 5.75 Å². The Morgan fingerprint density at radius 2 is 1.92 bits per heavy atom. The van der Waals surface area contributed by atoms with E-state index in [9.17, 15) is 4.79 Å². The number of methoxy groups -OCH3 is 1. The summed E-state index contributed by atoms with van der Waals surface area (Å²) >= 11 is 0. The second-order valence-corrected chi connectivity index (χ2v) is 5.79. The lowest BCUT2D eigenvalue weighted by Gasteiger charge is -2.06. The number of nitrogens with zero attached hydrogens (tertiary/aromatic N) is 1. The number of rotatable bonds is 7. The van der Waals surface area contributed by atoms with E-state index in [2.05, 4.69) is 34.3 Å². The highest BCUT2D eigenvalue weighted by molar-refractivity contribution is 5.92. The van der Waals surface area contributed by atoms with Gasteiger partial charge in [-0.25, -0.2) is 0 Å². The predicted octanol–water partition coefficient (Wildman–Crippen LogP) is 3.87. The second-order valence-electron chi connectivity index (χ2n) is 5.79. The van der Waals surface area contributed by atoms with Gasteiger partial charge in [-0.15, -0.1) is 0 Å². The standard InChI is InChI=1S/C21H22N2O2/c1-25-20-10-5-3-8-18(20)11-12-21(24)22-14-6-15-23-16-13-17-7-2-4-9-19(17)23/h2-5,7-13,16H,6,14-15H2,1H3,(H,22,24)/b12-11+. The van der Waals surface area contributed by atoms with E-state index in [-0.39, 0.29) is 5.91 Å². The molecule has 3 aromatic rings. The second kappa shape index (κ2) is 8.20. The summed E-state index contributed by atoms with van der Waals surface area (Å²) in [4.78, 5) is 11.9. The van der Waals surface area contributed by atoms with Crippen molar-refractivity contribution in [1.29, 1.82) is 0 Å². The lowest BCUT2D eigenvalue weighted by molar-refractivity contribution is -0.116. The number of aryl methyl sites for hydroxylation is 1. The first-order valence-corrected chi connectivity index (χ1v) is 8.41. The quantitative estimate of drug-likeness (QED) is 0.526. The van der Waals surface area contributed by atoms with Crippen molar-refractivity contribution >= 4 is 22.9 Å². The predicted molar refractivity (Wildman–Crippen MR) is 102 cm³/mol. The third-order valence-electron chi connectivity index (χ3n) is 4.11. The van der Waals surface area contributed by atoms with Crippen molar-refractivity contribution < 1.29 is 9.53 Å². The number of carbonyl (C=O) groups excluding carboxylic acids is 1. The third kappa shape index (κ3) is 4.29. The average molecular weight is 334 g/mol. The highest BCUT2D eigenvalue weighted by atomic mass is 16.5. The molecule has 0 radical (unpaired) electrons. The smallest absolute Gasteiger partial charge is 0.244 e. The zero-order valence-corrected chi connectivity index (χ0v) is 14.3. The van der Waals surface area contributed by atoms with Crippen molar-refractivity contribution in [2.24, 2.45) is 0 Å². The number of aromatic nitrogens is 1. The number of nitrogens with one attached hydrogen (secondary N) is 1. The van der Waals surface area contributed by atoms with Crippen LogP contribution < -0.4 is 10.1 Å². The van der Waals surface area contributed by atoms with Gasteiger partial charge in [0.1, 0.15) is 5.75 Å². The van der Waals surface area contributed by atoms with E-state index in [1.54, 1.807) is 19.3 Å². The fourth-order valence-electron chi connectivity index (χ4n) is 2.83. The molecule has 0 bridgehead atoms. The molecule has 1 amide bonds. The monoisotopic (exact) mass is 334 g/mol. The molecule has 0 saturated carbocycles. The summed E-state index contributed by atoms with van der Waals surface area (Å²) in [5, 5.41) is 4.16. The molecule has 25 heavy (non-hydrogen) atoms. The largest absolute Gasteiger partial charge is 0.496 e. The normalized spacial score (nSPS) is 11.1. The molecular weight excluding hydrogens is 312 g/mol. The van der Waals surface area contributed by atoms with Crippen LogP contribution >= 0.6 is 0 Å². The van der Waals surface area contributed by atoms with Crippen LogP contribution in [0.3, 0.4) is 0 Å². The van der Waals surface area contributed by atoms with E-state index < -0.39 is 0 Å². The van der Waals surface area contributed by atoms with Crippen molar-refractivity contribution in [3.63, 3.8) is 0 Å². The van der Waals surface area contributed by atoms with Crippen molar-refractivity contribution in [2.45, 2.75) is 13.0 Å². The topological polar surface area (TPSA) is 43.3 Å². The van der Waals surface area contributed by atoms with Crippen molar-refractivity contribution in [1.82, 2.24) is 9.88 Å². The van der Waals surface area contributed by atoms with E-state index in [1.165, 1.54) is 10.9 Å². The average Bonchev–Trinajstić information content (AvgIpc) is 3.07. The molecule has 0 aliphatic heterocycles. The van der Waals surface area contributed by atoms with Crippen molar-refractivity contribution in [2.75, 3.05) is 13.7 Å². The zero-order chi connectivity index (χ0) is 17.5. The molecule has 4 heteroatoms. The number of amides is 1. The summed E-state index contributed by atoms with van der Waals surface area (Å²) in [6.45, 7) is 1.52. The molecule has 1 heterocycles. The Labute approximate surface area is 147 Å². The SMILES string of the molecule is COc1ccccc1/C=C/C(=O)NCCCn1ccc2ccccc21. The number of hydrogen-bond donors (Lipinski definition) is 1. The number of para-hydroxylation sites is 2. The van der Waals surface area contributed by atoms with Gasteiger partial charge in [-0.1, -0.05) is 36.4 Å². The van der Waals surface area contributed by atoms with Crippen LogP contribution in [0.25, 0.3) is 17.0 Å². The number of hydrogen-bond acceptors (Lipinski definition) is 2. The first-order valence-electron chi connectivity index (χ1n) is 8.41. The number of fused-ring (bicyclic) bond motifs is 1. The molecule has 3 rings (SSSR count). The maximum Gasteiger partial charge on any atom is 0.244 e. The molecule has 0 aliphatic rings. The molecule has 0 atom stereocenters. The molecule has 1 N–H and O–H groups in total. The van der Waals surface area contributed by atoms with Gasteiger partial charge in [0.2, 0.25) is 5.91 Å². The molecule has 0 saturated heterocycles. The summed E-state index contributed by atoms with van der Waals surface area (Å²) < 4.78 is 7.48. The fourth-order valence-corrected chi connectivity index (χ4v) is 2.83. The van der Waals surface area contributed by atoms with Crippen LogP contribution in [-0.2, 0) is 11.3 Å². The molecule has 0 fully saturated rings. The van der Waals surface area contributed by atoms with Gasteiger partial charge in [0, 0.05) is 36.4 Å². The maximum absolute atomic E-state index is 11.9. The van der Waals surface area contributed by atoms with Crippen LogP contribution in [0.15, 0.2) is 66.9 Å². The van der Waals surface area contributed by atoms with Crippen molar-refractivity contribution in [3.05, 3.63) is 72.4 Å². The Morgan fingerprint density at radius 1 is 1.12 bits per heavy atom. The molecule has 0 aliphatic carbocycles. The van der Waals surface area contributed by atoms with Crippen LogP contribution in [0.5, 0.6) is 5.75 Å². The van der Waals surface area contributed by atoms with Gasteiger partial charge >= 0.3 is 0 Å². The molecule has 1 aromatic heterocycles. The van der Waals surface area contributed by atoms with E-state index >= 15 is 0 Å². The Hall–Kier alpha value is -3.01. The summed E-state index contributed by atoms with van der Waals surface area (Å²) in [6.07, 6.45) is 6.29. The van der Waals surface area contributed by atoms with E-state index in [4.69, 9.17) is 4.74 Å². The number of benzene rings is 2. The first-order chi connectivity index (χ1) is 12.3. The van der Waals surface area contributed by atoms with Crippen LogP contribution in [0.4, 0.5) is 0 Å². The van der Waals surface area contributed by atoms with Crippen LogP contribution in [0.1, 0.15) is 12.0 Å². The molecular formula is C21H22N2O2. The Morgan fingerprint density at radius 3 is 2.80 bits per heavy atom.